The molecule has 0 aromatic rings. The molecule has 0 aliphatic carbocycles. The molecule has 1 saturated heterocycles. The Morgan fingerprint density at radius 2 is 1.92 bits per heavy atom. The minimum Gasteiger partial charge on any atom is -0.356 e. The highest BCUT2D eigenvalue weighted by atomic mass is 16.2. The van der Waals surface area contributed by atoms with Crippen LogP contribution in [0.25, 0.3) is 0 Å². The standard InChI is InChI=1S/C18H37N5O/c1-5-11-22(12-6-2)13-8-10-20-18(19-4)21-16-9-14-23(15-16)17(24)7-3/h16H,5-15H2,1-4H3,(H2,19,20,21). The first kappa shape index (κ1) is 20.7. The summed E-state index contributed by atoms with van der Waals surface area (Å²) < 4.78 is 0. The molecule has 1 fully saturated rings. The second-order valence-electron chi connectivity index (χ2n) is 6.52. The van der Waals surface area contributed by atoms with Gasteiger partial charge >= 0.3 is 0 Å². The van der Waals surface area contributed by atoms with Gasteiger partial charge in [-0.1, -0.05) is 20.8 Å². The van der Waals surface area contributed by atoms with Gasteiger partial charge in [-0.3, -0.25) is 9.79 Å². The SMILES string of the molecule is CCCN(CCC)CCCNC(=NC)NC1CCN(C(=O)CC)C1. The molecule has 6 nitrogen and oxygen atoms in total. The average Bonchev–Trinajstić information content (AvgIpc) is 3.05. The van der Waals surface area contributed by atoms with Crippen molar-refractivity contribution in [1.29, 1.82) is 0 Å². The fraction of sp³-hybridized carbons (Fsp3) is 0.889. The molecule has 0 spiro atoms. The van der Waals surface area contributed by atoms with E-state index in [1.165, 1.54) is 25.9 Å². The van der Waals surface area contributed by atoms with Crippen LogP contribution in [0.1, 0.15) is 52.9 Å². The lowest BCUT2D eigenvalue weighted by Crippen LogP contribution is -2.45. The van der Waals surface area contributed by atoms with E-state index in [2.05, 4.69) is 34.4 Å². The predicted molar refractivity (Wildman–Crippen MR) is 101 cm³/mol. The second kappa shape index (κ2) is 12.1. The minimum atomic E-state index is 0.245. The minimum absolute atomic E-state index is 0.245. The molecule has 0 aromatic heterocycles. The van der Waals surface area contributed by atoms with Crippen LogP contribution in [0.5, 0.6) is 0 Å². The molecule has 6 heteroatoms. The van der Waals surface area contributed by atoms with E-state index in [0.29, 0.717) is 12.5 Å². The first-order chi connectivity index (χ1) is 11.6. The lowest BCUT2D eigenvalue weighted by molar-refractivity contribution is -0.129. The van der Waals surface area contributed by atoms with Gasteiger partial charge in [0.15, 0.2) is 5.96 Å². The highest BCUT2D eigenvalue weighted by molar-refractivity contribution is 5.80. The summed E-state index contributed by atoms with van der Waals surface area (Å²) in [5.74, 6) is 1.09. The van der Waals surface area contributed by atoms with Gasteiger partial charge in [-0.15, -0.1) is 0 Å². The molecule has 140 valence electrons. The van der Waals surface area contributed by atoms with Gasteiger partial charge in [-0.25, -0.2) is 0 Å². The summed E-state index contributed by atoms with van der Waals surface area (Å²) in [6, 6.07) is 0.309. The maximum atomic E-state index is 11.7. The molecule has 0 saturated carbocycles. The molecule has 2 N–H and O–H groups in total. The summed E-state index contributed by atoms with van der Waals surface area (Å²) >= 11 is 0. The Morgan fingerprint density at radius 3 is 2.50 bits per heavy atom. The summed E-state index contributed by atoms with van der Waals surface area (Å²) in [6.07, 6.45) is 5.13. The summed E-state index contributed by atoms with van der Waals surface area (Å²) in [6.45, 7) is 12.5. The number of carbonyl (C=O) groups is 1. The van der Waals surface area contributed by atoms with E-state index in [0.717, 1.165) is 45.0 Å². The number of hydrogen-bond acceptors (Lipinski definition) is 3. The molecule has 0 bridgehead atoms. The highest BCUT2D eigenvalue weighted by Crippen LogP contribution is 2.10. The fourth-order valence-electron chi connectivity index (χ4n) is 3.19. The van der Waals surface area contributed by atoms with Crippen molar-refractivity contribution >= 4 is 11.9 Å². The average molecular weight is 340 g/mol. The zero-order valence-electron chi connectivity index (χ0n) is 16.1. The molecule has 1 aliphatic heterocycles. The summed E-state index contributed by atoms with van der Waals surface area (Å²) in [4.78, 5) is 20.5. The van der Waals surface area contributed by atoms with Crippen LogP contribution in [0.3, 0.4) is 0 Å². The molecular formula is C18H37N5O. The van der Waals surface area contributed by atoms with Crippen LogP contribution in [0.2, 0.25) is 0 Å². The van der Waals surface area contributed by atoms with Crippen LogP contribution < -0.4 is 10.6 Å². The van der Waals surface area contributed by atoms with Crippen molar-refractivity contribution in [2.75, 3.05) is 46.3 Å². The third-order valence-corrected chi connectivity index (χ3v) is 4.43. The topological polar surface area (TPSA) is 60.0 Å². The van der Waals surface area contributed by atoms with E-state index in [-0.39, 0.29) is 5.91 Å². The number of nitrogens with one attached hydrogen (secondary N) is 2. The zero-order chi connectivity index (χ0) is 17.8. The normalized spacial score (nSPS) is 18.3. The fourth-order valence-corrected chi connectivity index (χ4v) is 3.19. The van der Waals surface area contributed by atoms with Crippen molar-refractivity contribution < 1.29 is 4.79 Å². The van der Waals surface area contributed by atoms with E-state index in [1.54, 1.807) is 7.05 Å². The molecular weight excluding hydrogens is 302 g/mol. The van der Waals surface area contributed by atoms with E-state index >= 15 is 0 Å². The van der Waals surface area contributed by atoms with Crippen LogP contribution in [-0.4, -0.2) is 74.0 Å². The largest absolute Gasteiger partial charge is 0.356 e. The first-order valence-electron chi connectivity index (χ1n) is 9.61. The van der Waals surface area contributed by atoms with Crippen LogP contribution in [0, 0.1) is 0 Å². The van der Waals surface area contributed by atoms with Gasteiger partial charge in [0.05, 0.1) is 0 Å². The second-order valence-corrected chi connectivity index (χ2v) is 6.52. The highest BCUT2D eigenvalue weighted by Gasteiger charge is 2.25. The smallest absolute Gasteiger partial charge is 0.222 e. The van der Waals surface area contributed by atoms with Gasteiger partial charge < -0.3 is 20.4 Å². The lowest BCUT2D eigenvalue weighted by Gasteiger charge is -2.22. The summed E-state index contributed by atoms with van der Waals surface area (Å²) in [5.41, 5.74) is 0. The first-order valence-corrected chi connectivity index (χ1v) is 9.61. The van der Waals surface area contributed by atoms with Gasteiger partial charge in [0.1, 0.15) is 0 Å². The molecule has 1 atom stereocenters. The third kappa shape index (κ3) is 7.51. The van der Waals surface area contributed by atoms with Crippen LogP contribution in [-0.2, 0) is 4.79 Å². The Morgan fingerprint density at radius 1 is 1.21 bits per heavy atom. The Bertz CT molecular complexity index is 380. The van der Waals surface area contributed by atoms with E-state index in [1.807, 2.05) is 11.8 Å². The van der Waals surface area contributed by atoms with Crippen molar-refractivity contribution in [3.05, 3.63) is 0 Å². The number of amides is 1. The van der Waals surface area contributed by atoms with Crippen molar-refractivity contribution in [2.45, 2.75) is 58.9 Å². The maximum Gasteiger partial charge on any atom is 0.222 e. The number of aliphatic imine (C=N–C) groups is 1. The Kier molecular flexibility index (Phi) is 10.5. The molecule has 1 unspecified atom stereocenters. The van der Waals surface area contributed by atoms with E-state index < -0.39 is 0 Å². The van der Waals surface area contributed by atoms with Crippen molar-refractivity contribution in [2.24, 2.45) is 4.99 Å². The van der Waals surface area contributed by atoms with Crippen molar-refractivity contribution in [1.82, 2.24) is 20.4 Å². The van der Waals surface area contributed by atoms with Gasteiger partial charge in [-0.05, 0) is 45.3 Å². The predicted octanol–water partition coefficient (Wildman–Crippen LogP) is 1.67. The number of carbonyl (C=O) groups excluding carboxylic acids is 1. The van der Waals surface area contributed by atoms with Crippen molar-refractivity contribution in [3.63, 3.8) is 0 Å². The third-order valence-electron chi connectivity index (χ3n) is 4.43. The molecule has 1 aliphatic rings. The molecule has 1 amide bonds. The molecule has 24 heavy (non-hydrogen) atoms. The summed E-state index contributed by atoms with van der Waals surface area (Å²) in [5, 5.41) is 6.85. The van der Waals surface area contributed by atoms with Gasteiger partial charge in [0.2, 0.25) is 5.91 Å². The van der Waals surface area contributed by atoms with Crippen LogP contribution in [0.4, 0.5) is 0 Å². The number of nitrogens with zero attached hydrogens (tertiary/aromatic N) is 3. The zero-order valence-corrected chi connectivity index (χ0v) is 16.1. The van der Waals surface area contributed by atoms with E-state index in [4.69, 9.17) is 0 Å². The van der Waals surface area contributed by atoms with Gasteiger partial charge in [0, 0.05) is 39.1 Å². The monoisotopic (exact) mass is 339 g/mol. The van der Waals surface area contributed by atoms with Crippen molar-refractivity contribution in [3.8, 4) is 0 Å². The number of likely N-dealkylation sites (tertiary alicyclic amines) is 1. The number of guanidine groups is 1. The molecule has 1 heterocycles. The van der Waals surface area contributed by atoms with Gasteiger partial charge in [-0.2, -0.15) is 0 Å². The Labute approximate surface area is 148 Å². The van der Waals surface area contributed by atoms with Gasteiger partial charge in [0.25, 0.3) is 0 Å². The molecule has 0 radical (unpaired) electrons. The lowest BCUT2D eigenvalue weighted by atomic mass is 10.3. The summed E-state index contributed by atoms with van der Waals surface area (Å²) in [7, 11) is 1.81. The molecule has 0 aromatic carbocycles. The maximum absolute atomic E-state index is 11.7. The Balaban J connectivity index is 2.25. The quantitative estimate of drug-likeness (QED) is 0.361. The number of rotatable bonds is 10. The Hall–Kier alpha value is -1.30. The molecule has 1 rings (SSSR count). The number of hydrogen-bond donors (Lipinski definition) is 2. The van der Waals surface area contributed by atoms with Crippen LogP contribution >= 0.6 is 0 Å². The van der Waals surface area contributed by atoms with Crippen LogP contribution in [0.15, 0.2) is 4.99 Å². The van der Waals surface area contributed by atoms with E-state index in [9.17, 15) is 4.79 Å².